The van der Waals surface area contributed by atoms with E-state index in [9.17, 15) is 4.39 Å². The molecule has 0 amide bonds. The third kappa shape index (κ3) is 4.59. The number of para-hydroxylation sites is 1. The second-order valence-electron chi connectivity index (χ2n) is 7.07. The highest BCUT2D eigenvalue weighted by molar-refractivity contribution is 5.80. The Bertz CT molecular complexity index is 961. The zero-order valence-corrected chi connectivity index (χ0v) is 17.1. The van der Waals surface area contributed by atoms with Crippen molar-refractivity contribution >= 4 is 11.6 Å². The summed E-state index contributed by atoms with van der Waals surface area (Å²) >= 11 is 0. The second kappa shape index (κ2) is 9.39. The fourth-order valence-electron chi connectivity index (χ4n) is 3.57. The van der Waals surface area contributed by atoms with Crippen LogP contribution in [0.5, 0.6) is 0 Å². The Morgan fingerprint density at radius 1 is 1.00 bits per heavy atom. The van der Waals surface area contributed by atoms with Crippen molar-refractivity contribution in [1.29, 1.82) is 0 Å². The van der Waals surface area contributed by atoms with Crippen LogP contribution in [0.1, 0.15) is 12.7 Å². The molecule has 0 spiro atoms. The predicted molar refractivity (Wildman–Crippen MR) is 116 cm³/mol. The standard InChI is InChI=1S/C22H26FN7/c1-2-24-22(25-16-21-27-26-17-30(21)20-6-4-3-5-7-20)29-14-12-28(13-15-29)19-10-8-18(23)9-11-19/h3-11,17H,2,12-16H2,1H3,(H,24,25). The first-order chi connectivity index (χ1) is 14.7. The zero-order chi connectivity index (χ0) is 20.8. The highest BCUT2D eigenvalue weighted by Crippen LogP contribution is 2.17. The molecule has 0 bridgehead atoms. The van der Waals surface area contributed by atoms with E-state index in [0.717, 1.165) is 55.9 Å². The number of guanidine groups is 1. The lowest BCUT2D eigenvalue weighted by Gasteiger charge is -2.37. The van der Waals surface area contributed by atoms with Gasteiger partial charge in [-0.1, -0.05) is 18.2 Å². The summed E-state index contributed by atoms with van der Waals surface area (Å²) in [5, 5.41) is 11.7. The molecule has 0 aliphatic carbocycles. The molecule has 1 fully saturated rings. The summed E-state index contributed by atoms with van der Waals surface area (Å²) in [4.78, 5) is 9.34. The Morgan fingerprint density at radius 2 is 1.73 bits per heavy atom. The molecule has 1 saturated heterocycles. The number of anilines is 1. The molecule has 1 aliphatic heterocycles. The van der Waals surface area contributed by atoms with Crippen LogP contribution >= 0.6 is 0 Å². The lowest BCUT2D eigenvalue weighted by Crippen LogP contribution is -2.52. The molecule has 0 radical (unpaired) electrons. The molecule has 0 unspecified atom stereocenters. The summed E-state index contributed by atoms with van der Waals surface area (Å²) < 4.78 is 15.1. The van der Waals surface area contributed by atoms with Crippen LogP contribution in [-0.2, 0) is 6.54 Å². The van der Waals surface area contributed by atoms with Crippen LogP contribution in [0.3, 0.4) is 0 Å². The first-order valence-corrected chi connectivity index (χ1v) is 10.2. The Morgan fingerprint density at radius 3 is 2.43 bits per heavy atom. The van der Waals surface area contributed by atoms with E-state index in [1.165, 1.54) is 12.1 Å². The number of hydrogen-bond acceptors (Lipinski definition) is 4. The molecule has 4 rings (SSSR count). The molecule has 156 valence electrons. The van der Waals surface area contributed by atoms with Crippen molar-refractivity contribution in [1.82, 2.24) is 25.0 Å². The van der Waals surface area contributed by atoms with E-state index in [-0.39, 0.29) is 5.82 Å². The molecule has 1 aliphatic rings. The fourth-order valence-corrected chi connectivity index (χ4v) is 3.57. The van der Waals surface area contributed by atoms with Gasteiger partial charge in [0.2, 0.25) is 0 Å². The van der Waals surface area contributed by atoms with Gasteiger partial charge in [-0.25, -0.2) is 9.38 Å². The van der Waals surface area contributed by atoms with Gasteiger partial charge in [0.15, 0.2) is 11.8 Å². The summed E-state index contributed by atoms with van der Waals surface area (Å²) in [6, 6.07) is 16.7. The van der Waals surface area contributed by atoms with Crippen LogP contribution in [0.25, 0.3) is 5.69 Å². The van der Waals surface area contributed by atoms with E-state index in [0.29, 0.717) is 6.54 Å². The number of nitrogens with zero attached hydrogens (tertiary/aromatic N) is 6. The minimum atomic E-state index is -0.206. The van der Waals surface area contributed by atoms with Gasteiger partial charge in [0.1, 0.15) is 18.7 Å². The SMILES string of the molecule is CCNC(=NCc1nncn1-c1ccccc1)N1CCN(c2ccc(F)cc2)CC1. The van der Waals surface area contributed by atoms with Gasteiger partial charge >= 0.3 is 0 Å². The second-order valence-corrected chi connectivity index (χ2v) is 7.07. The minimum Gasteiger partial charge on any atom is -0.368 e. The van der Waals surface area contributed by atoms with Crippen LogP contribution in [0.15, 0.2) is 65.9 Å². The van der Waals surface area contributed by atoms with Crippen molar-refractivity contribution in [2.45, 2.75) is 13.5 Å². The van der Waals surface area contributed by atoms with Gasteiger partial charge in [-0.15, -0.1) is 10.2 Å². The fraction of sp³-hybridized carbons (Fsp3) is 0.318. The predicted octanol–water partition coefficient (Wildman–Crippen LogP) is 2.69. The van der Waals surface area contributed by atoms with Crippen LogP contribution < -0.4 is 10.2 Å². The highest BCUT2D eigenvalue weighted by Gasteiger charge is 2.20. The molecular formula is C22H26FN7. The summed E-state index contributed by atoms with van der Waals surface area (Å²) in [5.74, 6) is 1.46. The van der Waals surface area contributed by atoms with E-state index in [1.807, 2.05) is 47.0 Å². The first kappa shape index (κ1) is 19.9. The number of rotatable bonds is 5. The number of aliphatic imine (C=N–C) groups is 1. The van der Waals surface area contributed by atoms with Crippen molar-refractivity contribution in [2.24, 2.45) is 4.99 Å². The van der Waals surface area contributed by atoms with Crippen molar-refractivity contribution in [3.8, 4) is 5.69 Å². The third-order valence-corrected chi connectivity index (χ3v) is 5.13. The van der Waals surface area contributed by atoms with E-state index in [4.69, 9.17) is 4.99 Å². The zero-order valence-electron chi connectivity index (χ0n) is 17.1. The third-order valence-electron chi connectivity index (χ3n) is 5.13. The maximum atomic E-state index is 13.2. The van der Waals surface area contributed by atoms with Crippen LogP contribution in [0.4, 0.5) is 10.1 Å². The van der Waals surface area contributed by atoms with Gasteiger partial charge in [0.25, 0.3) is 0 Å². The maximum Gasteiger partial charge on any atom is 0.194 e. The Labute approximate surface area is 175 Å². The number of halogens is 1. The highest BCUT2D eigenvalue weighted by atomic mass is 19.1. The van der Waals surface area contributed by atoms with Gasteiger partial charge < -0.3 is 15.1 Å². The lowest BCUT2D eigenvalue weighted by molar-refractivity contribution is 0.372. The Kier molecular flexibility index (Phi) is 6.22. The molecule has 1 aromatic heterocycles. The van der Waals surface area contributed by atoms with Gasteiger partial charge in [-0.3, -0.25) is 4.57 Å². The molecular weight excluding hydrogens is 381 g/mol. The van der Waals surface area contributed by atoms with Gasteiger partial charge in [-0.05, 0) is 43.3 Å². The summed E-state index contributed by atoms with van der Waals surface area (Å²) in [5.41, 5.74) is 2.07. The Hall–Kier alpha value is -3.42. The summed E-state index contributed by atoms with van der Waals surface area (Å²) in [6.45, 7) is 6.70. The molecule has 2 heterocycles. The van der Waals surface area contributed by atoms with E-state index in [2.05, 4.69) is 32.2 Å². The number of benzene rings is 2. The number of aromatic nitrogens is 3. The molecule has 0 atom stereocenters. The minimum absolute atomic E-state index is 0.206. The van der Waals surface area contributed by atoms with Crippen LogP contribution in [0.2, 0.25) is 0 Å². The summed E-state index contributed by atoms with van der Waals surface area (Å²) in [6.07, 6.45) is 1.72. The Balaban J connectivity index is 1.43. The molecule has 1 N–H and O–H groups in total. The average Bonchev–Trinajstić information content (AvgIpc) is 3.27. The van der Waals surface area contributed by atoms with Crippen LogP contribution in [0, 0.1) is 5.82 Å². The quantitative estimate of drug-likeness (QED) is 0.521. The van der Waals surface area contributed by atoms with Crippen molar-refractivity contribution < 1.29 is 4.39 Å². The van der Waals surface area contributed by atoms with Crippen LogP contribution in [-0.4, -0.2) is 58.3 Å². The van der Waals surface area contributed by atoms with E-state index in [1.54, 1.807) is 6.33 Å². The number of piperazine rings is 1. The molecule has 2 aromatic carbocycles. The van der Waals surface area contributed by atoms with Crippen molar-refractivity contribution in [3.63, 3.8) is 0 Å². The molecule has 3 aromatic rings. The first-order valence-electron chi connectivity index (χ1n) is 10.2. The topological polar surface area (TPSA) is 61.6 Å². The molecule has 7 nitrogen and oxygen atoms in total. The van der Waals surface area contributed by atoms with Crippen molar-refractivity contribution in [3.05, 3.63) is 72.6 Å². The van der Waals surface area contributed by atoms with Crippen molar-refractivity contribution in [2.75, 3.05) is 37.6 Å². The van der Waals surface area contributed by atoms with Gasteiger partial charge in [-0.2, -0.15) is 0 Å². The largest absolute Gasteiger partial charge is 0.368 e. The van der Waals surface area contributed by atoms with E-state index >= 15 is 0 Å². The molecule has 0 saturated carbocycles. The van der Waals surface area contributed by atoms with E-state index < -0.39 is 0 Å². The number of hydrogen-bond donors (Lipinski definition) is 1. The summed E-state index contributed by atoms with van der Waals surface area (Å²) in [7, 11) is 0. The maximum absolute atomic E-state index is 13.2. The molecule has 8 heteroatoms. The number of nitrogens with one attached hydrogen (secondary N) is 1. The van der Waals surface area contributed by atoms with Gasteiger partial charge in [0, 0.05) is 44.1 Å². The normalized spacial score (nSPS) is 14.8. The van der Waals surface area contributed by atoms with Gasteiger partial charge in [0.05, 0.1) is 0 Å². The smallest absolute Gasteiger partial charge is 0.194 e. The monoisotopic (exact) mass is 407 g/mol. The molecule has 30 heavy (non-hydrogen) atoms. The average molecular weight is 407 g/mol. The lowest BCUT2D eigenvalue weighted by atomic mass is 10.2.